The summed E-state index contributed by atoms with van der Waals surface area (Å²) in [6.45, 7) is 3.89. The predicted molar refractivity (Wildman–Crippen MR) is 85.4 cm³/mol. The van der Waals surface area contributed by atoms with Gasteiger partial charge in [-0.3, -0.25) is 4.90 Å². The molecule has 2 heteroatoms. The molecule has 2 heterocycles. The van der Waals surface area contributed by atoms with Crippen LogP contribution in [0, 0.1) is 5.41 Å². The highest BCUT2D eigenvalue weighted by Gasteiger charge is 2.52. The summed E-state index contributed by atoms with van der Waals surface area (Å²) in [6.07, 6.45) is 8.50. The predicted octanol–water partition coefficient (Wildman–Crippen LogP) is 3.45. The third-order valence-electron chi connectivity index (χ3n) is 6.47. The van der Waals surface area contributed by atoms with Crippen LogP contribution in [0.5, 0.6) is 0 Å². The van der Waals surface area contributed by atoms with E-state index in [4.69, 9.17) is 0 Å². The minimum atomic E-state index is 0.702. The first kappa shape index (κ1) is 12.7. The molecule has 1 atom stereocenters. The number of hydrogen-bond donors (Lipinski definition) is 1. The second-order valence-corrected chi connectivity index (χ2v) is 7.96. The van der Waals surface area contributed by atoms with Gasteiger partial charge in [0, 0.05) is 25.2 Å². The minimum absolute atomic E-state index is 0.702. The molecule has 21 heavy (non-hydrogen) atoms. The lowest BCUT2D eigenvalue weighted by Crippen LogP contribution is -2.65. The van der Waals surface area contributed by atoms with E-state index < -0.39 is 0 Å². The second kappa shape index (κ2) is 4.57. The highest BCUT2D eigenvalue weighted by molar-refractivity contribution is 5.36. The second-order valence-electron chi connectivity index (χ2n) is 7.96. The molecule has 0 radical (unpaired) electrons. The third-order valence-corrected chi connectivity index (χ3v) is 6.47. The van der Waals surface area contributed by atoms with Crippen LogP contribution >= 0.6 is 0 Å². The number of hydrogen-bond acceptors (Lipinski definition) is 2. The Hall–Kier alpha value is -0.860. The molecule has 1 aromatic rings. The first-order valence-corrected chi connectivity index (χ1v) is 8.90. The average Bonchev–Trinajstić information content (AvgIpc) is 3.15. The van der Waals surface area contributed by atoms with E-state index in [0.29, 0.717) is 5.41 Å². The van der Waals surface area contributed by atoms with E-state index in [0.717, 1.165) is 18.0 Å². The summed E-state index contributed by atoms with van der Waals surface area (Å²) >= 11 is 0. The Morgan fingerprint density at radius 1 is 1.00 bits per heavy atom. The summed E-state index contributed by atoms with van der Waals surface area (Å²) in [4.78, 5) is 2.87. The van der Waals surface area contributed by atoms with Gasteiger partial charge in [-0.25, -0.2) is 0 Å². The van der Waals surface area contributed by atoms with E-state index in [1.807, 2.05) is 0 Å². The Morgan fingerprint density at radius 2 is 1.76 bits per heavy atom. The zero-order chi connectivity index (χ0) is 13.9. The van der Waals surface area contributed by atoms with Crippen molar-refractivity contribution in [1.29, 1.82) is 0 Å². The standard InChI is InChI=1S/C19H26N2/c1-2-5-17(16(4-1)14-7-8-14)18-6-3-9-21(18)15-10-19(11-15)12-20-13-19/h1-2,4-5,14-15,18,20H,3,6-13H2/t18-/m0/s1. The van der Waals surface area contributed by atoms with Crippen LogP contribution in [-0.2, 0) is 0 Å². The van der Waals surface area contributed by atoms with Gasteiger partial charge in [-0.05, 0) is 67.5 Å². The zero-order valence-corrected chi connectivity index (χ0v) is 12.9. The maximum Gasteiger partial charge on any atom is 0.0354 e. The van der Waals surface area contributed by atoms with E-state index >= 15 is 0 Å². The van der Waals surface area contributed by atoms with E-state index in [9.17, 15) is 0 Å². The molecular weight excluding hydrogens is 256 g/mol. The van der Waals surface area contributed by atoms with Gasteiger partial charge in [0.1, 0.15) is 0 Å². The summed E-state index contributed by atoms with van der Waals surface area (Å²) in [5.74, 6) is 0.882. The largest absolute Gasteiger partial charge is 0.316 e. The van der Waals surface area contributed by atoms with Crippen molar-refractivity contribution < 1.29 is 0 Å². The minimum Gasteiger partial charge on any atom is -0.316 e. The summed E-state index contributed by atoms with van der Waals surface area (Å²) in [5, 5.41) is 3.47. The quantitative estimate of drug-likeness (QED) is 0.913. The molecule has 2 saturated heterocycles. The lowest BCUT2D eigenvalue weighted by molar-refractivity contribution is -0.0410. The molecule has 1 spiro atoms. The van der Waals surface area contributed by atoms with Gasteiger partial charge in [0.05, 0.1) is 0 Å². The van der Waals surface area contributed by atoms with Gasteiger partial charge in [0.15, 0.2) is 0 Å². The molecule has 2 aliphatic heterocycles. The van der Waals surface area contributed by atoms with Crippen LogP contribution in [0.1, 0.15) is 61.6 Å². The maximum absolute atomic E-state index is 3.47. The molecule has 4 fully saturated rings. The van der Waals surface area contributed by atoms with E-state index in [2.05, 4.69) is 34.5 Å². The molecule has 112 valence electrons. The summed E-state index contributed by atoms with van der Waals surface area (Å²) in [6, 6.07) is 10.9. The van der Waals surface area contributed by atoms with Gasteiger partial charge in [0.25, 0.3) is 0 Å². The van der Waals surface area contributed by atoms with Crippen molar-refractivity contribution in [1.82, 2.24) is 10.2 Å². The number of nitrogens with zero attached hydrogens (tertiary/aromatic N) is 1. The molecule has 4 aliphatic rings. The van der Waals surface area contributed by atoms with Crippen molar-refractivity contribution in [2.24, 2.45) is 5.41 Å². The van der Waals surface area contributed by atoms with Crippen molar-refractivity contribution in [3.63, 3.8) is 0 Å². The van der Waals surface area contributed by atoms with Gasteiger partial charge >= 0.3 is 0 Å². The Morgan fingerprint density at radius 3 is 2.43 bits per heavy atom. The molecule has 1 N–H and O–H groups in total. The third kappa shape index (κ3) is 1.99. The van der Waals surface area contributed by atoms with Crippen LogP contribution in [0.3, 0.4) is 0 Å². The monoisotopic (exact) mass is 282 g/mol. The summed E-state index contributed by atoms with van der Waals surface area (Å²) < 4.78 is 0. The van der Waals surface area contributed by atoms with Crippen molar-refractivity contribution >= 4 is 0 Å². The van der Waals surface area contributed by atoms with Crippen LogP contribution in [-0.4, -0.2) is 30.6 Å². The van der Waals surface area contributed by atoms with Crippen molar-refractivity contribution in [3.8, 4) is 0 Å². The fourth-order valence-electron chi connectivity index (χ4n) is 5.08. The SMILES string of the molecule is c1ccc([C@@H]2CCCN2C2CC3(CNC3)C2)c(C2CC2)c1. The molecule has 5 rings (SSSR count). The van der Waals surface area contributed by atoms with Crippen molar-refractivity contribution in [2.45, 2.75) is 56.5 Å². The lowest BCUT2D eigenvalue weighted by atomic mass is 9.61. The number of benzene rings is 1. The molecule has 0 aromatic heterocycles. The van der Waals surface area contributed by atoms with Crippen LogP contribution < -0.4 is 5.32 Å². The first-order chi connectivity index (χ1) is 10.3. The van der Waals surface area contributed by atoms with Gasteiger partial charge in [0.2, 0.25) is 0 Å². The van der Waals surface area contributed by atoms with Crippen molar-refractivity contribution in [3.05, 3.63) is 35.4 Å². The maximum atomic E-state index is 3.47. The lowest BCUT2D eigenvalue weighted by Gasteiger charge is -2.57. The normalized spacial score (nSPS) is 32.1. The first-order valence-electron chi connectivity index (χ1n) is 8.90. The molecular formula is C19H26N2. The van der Waals surface area contributed by atoms with Gasteiger partial charge in [-0.1, -0.05) is 24.3 Å². The van der Waals surface area contributed by atoms with E-state index in [-0.39, 0.29) is 0 Å². The van der Waals surface area contributed by atoms with Crippen molar-refractivity contribution in [2.75, 3.05) is 19.6 Å². The van der Waals surface area contributed by atoms with E-state index in [1.165, 1.54) is 58.2 Å². The van der Waals surface area contributed by atoms with Gasteiger partial charge in [-0.2, -0.15) is 0 Å². The van der Waals surface area contributed by atoms with Crippen LogP contribution in [0.4, 0.5) is 0 Å². The summed E-state index contributed by atoms with van der Waals surface area (Å²) in [5.41, 5.74) is 4.05. The zero-order valence-electron chi connectivity index (χ0n) is 12.9. The highest BCUT2D eigenvalue weighted by Crippen LogP contribution is 2.51. The number of nitrogens with one attached hydrogen (secondary N) is 1. The topological polar surface area (TPSA) is 15.3 Å². The molecule has 0 amide bonds. The van der Waals surface area contributed by atoms with E-state index in [1.54, 1.807) is 11.1 Å². The highest BCUT2D eigenvalue weighted by atomic mass is 15.2. The van der Waals surface area contributed by atoms with Crippen LogP contribution in [0.25, 0.3) is 0 Å². The average molecular weight is 282 g/mol. The fraction of sp³-hybridized carbons (Fsp3) is 0.684. The fourth-order valence-corrected chi connectivity index (χ4v) is 5.08. The molecule has 2 nitrogen and oxygen atoms in total. The molecule has 0 unspecified atom stereocenters. The molecule has 1 aromatic carbocycles. The number of rotatable bonds is 3. The molecule has 2 saturated carbocycles. The van der Waals surface area contributed by atoms with Crippen LogP contribution in [0.15, 0.2) is 24.3 Å². The Balaban J connectivity index is 1.38. The molecule has 2 aliphatic carbocycles. The Kier molecular flexibility index (Phi) is 2.75. The summed E-state index contributed by atoms with van der Waals surface area (Å²) in [7, 11) is 0. The van der Waals surface area contributed by atoms with Gasteiger partial charge in [-0.15, -0.1) is 0 Å². The molecule has 0 bridgehead atoms. The van der Waals surface area contributed by atoms with Gasteiger partial charge < -0.3 is 5.32 Å². The Labute approximate surface area is 127 Å². The smallest absolute Gasteiger partial charge is 0.0354 e. The Bertz CT molecular complexity index is 536. The number of likely N-dealkylation sites (tertiary alicyclic amines) is 1. The van der Waals surface area contributed by atoms with Crippen LogP contribution in [0.2, 0.25) is 0 Å².